The number of nitrogens with one attached hydrogen (secondary N) is 1. The zero-order valence-corrected chi connectivity index (χ0v) is 10.6. The van der Waals surface area contributed by atoms with Crippen LogP contribution in [-0.2, 0) is 4.74 Å². The summed E-state index contributed by atoms with van der Waals surface area (Å²) < 4.78 is 18.1. The first-order chi connectivity index (χ1) is 8.63. The number of esters is 1. The van der Waals surface area contributed by atoms with Gasteiger partial charge in [-0.15, -0.1) is 0 Å². The molecule has 0 radical (unpaired) electrons. The van der Waals surface area contributed by atoms with Crippen LogP contribution in [0.3, 0.4) is 0 Å². The molecular formula is C13H17FN2O2. The molecule has 4 nitrogen and oxygen atoms in total. The first-order valence-electron chi connectivity index (χ1n) is 5.98. The Labute approximate surface area is 106 Å². The first kappa shape index (κ1) is 12.8. The lowest BCUT2D eigenvalue weighted by Crippen LogP contribution is -2.50. The number of hydrogen-bond donors (Lipinski definition) is 1. The minimum absolute atomic E-state index is 0.0132. The lowest BCUT2D eigenvalue weighted by molar-refractivity contribution is 0.0595. The summed E-state index contributed by atoms with van der Waals surface area (Å²) in [5.41, 5.74) is 0.839. The molecule has 2 rings (SSSR count). The number of anilines is 1. The van der Waals surface area contributed by atoms with E-state index in [9.17, 15) is 9.18 Å². The molecule has 1 unspecified atom stereocenters. The van der Waals surface area contributed by atoms with Crippen molar-refractivity contribution < 1.29 is 13.9 Å². The number of rotatable bonds is 2. The maximum Gasteiger partial charge on any atom is 0.340 e. The number of piperazine rings is 1. The van der Waals surface area contributed by atoms with Gasteiger partial charge in [-0.25, -0.2) is 9.18 Å². The van der Waals surface area contributed by atoms with Gasteiger partial charge in [-0.05, 0) is 25.1 Å². The van der Waals surface area contributed by atoms with E-state index in [0.29, 0.717) is 6.04 Å². The molecule has 18 heavy (non-hydrogen) atoms. The fourth-order valence-corrected chi connectivity index (χ4v) is 2.18. The molecular weight excluding hydrogens is 235 g/mol. The number of hydrogen-bond acceptors (Lipinski definition) is 4. The van der Waals surface area contributed by atoms with Crippen molar-refractivity contribution in [2.24, 2.45) is 0 Å². The van der Waals surface area contributed by atoms with Gasteiger partial charge in [0.1, 0.15) is 5.82 Å². The number of benzene rings is 1. The predicted octanol–water partition coefficient (Wildman–Crippen LogP) is 1.41. The molecule has 0 aliphatic carbocycles. The third-order valence-corrected chi connectivity index (χ3v) is 3.19. The van der Waals surface area contributed by atoms with Crippen molar-refractivity contribution in [2.75, 3.05) is 31.6 Å². The van der Waals surface area contributed by atoms with E-state index < -0.39 is 11.8 Å². The van der Waals surface area contributed by atoms with Crippen LogP contribution < -0.4 is 10.2 Å². The Balaban J connectivity index is 2.31. The van der Waals surface area contributed by atoms with Gasteiger partial charge in [-0.3, -0.25) is 0 Å². The average Bonchev–Trinajstić information content (AvgIpc) is 2.39. The Morgan fingerprint density at radius 2 is 2.33 bits per heavy atom. The molecule has 1 aromatic carbocycles. The van der Waals surface area contributed by atoms with Crippen LogP contribution >= 0.6 is 0 Å². The van der Waals surface area contributed by atoms with Crippen LogP contribution in [0.2, 0.25) is 0 Å². The second-order valence-electron chi connectivity index (χ2n) is 4.40. The van der Waals surface area contributed by atoms with Gasteiger partial charge in [0, 0.05) is 31.4 Å². The molecule has 1 saturated heterocycles. The number of nitrogens with zero attached hydrogens (tertiary/aromatic N) is 1. The zero-order valence-electron chi connectivity index (χ0n) is 10.6. The Kier molecular flexibility index (Phi) is 3.81. The summed E-state index contributed by atoms with van der Waals surface area (Å²) in [6.45, 7) is 4.70. The van der Waals surface area contributed by atoms with Gasteiger partial charge >= 0.3 is 5.97 Å². The van der Waals surface area contributed by atoms with Crippen molar-refractivity contribution in [2.45, 2.75) is 13.0 Å². The number of halogens is 1. The summed E-state index contributed by atoms with van der Waals surface area (Å²) in [7, 11) is 1.25. The second-order valence-corrected chi connectivity index (χ2v) is 4.40. The molecule has 0 spiro atoms. The summed E-state index contributed by atoms with van der Waals surface area (Å²) in [6.07, 6.45) is 0. The second kappa shape index (κ2) is 5.35. The van der Waals surface area contributed by atoms with Crippen molar-refractivity contribution in [1.29, 1.82) is 0 Å². The van der Waals surface area contributed by atoms with Crippen molar-refractivity contribution in [3.63, 3.8) is 0 Å². The molecule has 1 aliphatic rings. The Morgan fingerprint density at radius 1 is 1.56 bits per heavy atom. The lowest BCUT2D eigenvalue weighted by atomic mass is 10.1. The maximum absolute atomic E-state index is 13.5. The van der Waals surface area contributed by atoms with Crippen LogP contribution in [0.1, 0.15) is 17.3 Å². The van der Waals surface area contributed by atoms with E-state index in [0.717, 1.165) is 25.3 Å². The average molecular weight is 252 g/mol. The highest BCUT2D eigenvalue weighted by molar-refractivity contribution is 5.90. The third-order valence-electron chi connectivity index (χ3n) is 3.19. The molecule has 0 saturated carbocycles. The molecule has 0 bridgehead atoms. The van der Waals surface area contributed by atoms with Crippen LogP contribution in [0.5, 0.6) is 0 Å². The standard InChI is InChI=1S/C13H17FN2O2/c1-9-8-15-5-6-16(9)10-3-4-12(14)11(7-10)13(17)18-2/h3-4,7,9,15H,5-6,8H2,1-2H3. The quantitative estimate of drug-likeness (QED) is 0.808. The van der Waals surface area contributed by atoms with E-state index in [2.05, 4.69) is 21.9 Å². The van der Waals surface area contributed by atoms with Gasteiger partial charge in [0.25, 0.3) is 0 Å². The maximum atomic E-state index is 13.5. The highest BCUT2D eigenvalue weighted by Gasteiger charge is 2.21. The van der Waals surface area contributed by atoms with E-state index in [1.807, 2.05) is 0 Å². The van der Waals surface area contributed by atoms with E-state index in [4.69, 9.17) is 0 Å². The minimum Gasteiger partial charge on any atom is -0.465 e. The normalized spacial score (nSPS) is 19.7. The van der Waals surface area contributed by atoms with Gasteiger partial charge in [0.05, 0.1) is 12.7 Å². The van der Waals surface area contributed by atoms with Crippen molar-refractivity contribution in [3.05, 3.63) is 29.6 Å². The Hall–Kier alpha value is -1.62. The fraction of sp³-hybridized carbons (Fsp3) is 0.462. The third kappa shape index (κ3) is 2.46. The smallest absolute Gasteiger partial charge is 0.340 e. The SMILES string of the molecule is COC(=O)c1cc(N2CCNCC2C)ccc1F. The van der Waals surface area contributed by atoms with E-state index in [1.54, 1.807) is 12.1 Å². The topological polar surface area (TPSA) is 41.6 Å². The Bertz CT molecular complexity index is 451. The van der Waals surface area contributed by atoms with Crippen LogP contribution in [0.25, 0.3) is 0 Å². The number of carbonyl (C=O) groups is 1. The zero-order chi connectivity index (χ0) is 13.1. The predicted molar refractivity (Wildman–Crippen MR) is 67.4 cm³/mol. The lowest BCUT2D eigenvalue weighted by Gasteiger charge is -2.36. The van der Waals surface area contributed by atoms with Crippen LogP contribution in [0.4, 0.5) is 10.1 Å². The van der Waals surface area contributed by atoms with Crippen molar-refractivity contribution in [3.8, 4) is 0 Å². The molecule has 0 amide bonds. The van der Waals surface area contributed by atoms with Crippen molar-refractivity contribution >= 4 is 11.7 Å². The minimum atomic E-state index is -0.642. The van der Waals surface area contributed by atoms with Crippen LogP contribution in [0.15, 0.2) is 18.2 Å². The molecule has 1 N–H and O–H groups in total. The van der Waals surface area contributed by atoms with E-state index in [1.165, 1.54) is 13.2 Å². The van der Waals surface area contributed by atoms with Gasteiger partial charge in [0.15, 0.2) is 0 Å². The summed E-state index contributed by atoms with van der Waals surface area (Å²) in [5.74, 6) is -1.19. The molecule has 1 atom stereocenters. The Morgan fingerprint density at radius 3 is 3.00 bits per heavy atom. The molecule has 1 heterocycles. The summed E-state index contributed by atoms with van der Waals surface area (Å²) in [4.78, 5) is 13.6. The molecule has 1 fully saturated rings. The van der Waals surface area contributed by atoms with Crippen LogP contribution in [0, 0.1) is 5.82 Å². The number of methoxy groups -OCH3 is 1. The van der Waals surface area contributed by atoms with Gasteiger partial charge in [-0.2, -0.15) is 0 Å². The van der Waals surface area contributed by atoms with E-state index >= 15 is 0 Å². The van der Waals surface area contributed by atoms with Gasteiger partial charge in [0.2, 0.25) is 0 Å². The van der Waals surface area contributed by atoms with Crippen LogP contribution in [-0.4, -0.2) is 38.8 Å². The molecule has 5 heteroatoms. The van der Waals surface area contributed by atoms with Gasteiger partial charge in [-0.1, -0.05) is 0 Å². The highest BCUT2D eigenvalue weighted by atomic mass is 19.1. The number of carbonyl (C=O) groups excluding carboxylic acids is 1. The summed E-state index contributed by atoms with van der Waals surface area (Å²) in [5, 5.41) is 3.29. The molecule has 98 valence electrons. The first-order valence-corrected chi connectivity index (χ1v) is 5.98. The number of ether oxygens (including phenoxy) is 1. The van der Waals surface area contributed by atoms with Crippen molar-refractivity contribution in [1.82, 2.24) is 5.32 Å². The molecule has 1 aromatic rings. The molecule has 0 aromatic heterocycles. The van der Waals surface area contributed by atoms with E-state index in [-0.39, 0.29) is 5.56 Å². The highest BCUT2D eigenvalue weighted by Crippen LogP contribution is 2.22. The fourth-order valence-electron chi connectivity index (χ4n) is 2.18. The van der Waals surface area contributed by atoms with Gasteiger partial charge < -0.3 is 15.0 Å². The molecule has 1 aliphatic heterocycles. The summed E-state index contributed by atoms with van der Waals surface area (Å²) in [6, 6.07) is 4.89. The largest absolute Gasteiger partial charge is 0.465 e. The summed E-state index contributed by atoms with van der Waals surface area (Å²) >= 11 is 0. The monoisotopic (exact) mass is 252 g/mol.